The van der Waals surface area contributed by atoms with E-state index in [4.69, 9.17) is 0 Å². The average Bonchev–Trinajstić information content (AvgIpc) is 3.22. The zero-order chi connectivity index (χ0) is 26.8. The molecule has 216 valence electrons. The predicted octanol–water partition coefficient (Wildman–Crippen LogP) is 7.71. The molecule has 1 saturated heterocycles. The van der Waals surface area contributed by atoms with Gasteiger partial charge in [-0.05, 0) is 105 Å². The summed E-state index contributed by atoms with van der Waals surface area (Å²) in [4.78, 5) is 26.8. The fourth-order valence-corrected chi connectivity index (χ4v) is 10.6. The predicted molar refractivity (Wildman–Crippen MR) is 154 cm³/mol. The molecular weight excluding hydrogens is 470 g/mol. The minimum absolute atomic E-state index is 0.115. The molecule has 1 amide bonds. The maximum absolute atomic E-state index is 12.4. The van der Waals surface area contributed by atoms with Gasteiger partial charge in [0.1, 0.15) is 5.78 Å². The first kappa shape index (κ1) is 28.6. The van der Waals surface area contributed by atoms with Crippen LogP contribution in [-0.2, 0) is 9.59 Å². The van der Waals surface area contributed by atoms with Gasteiger partial charge in [0, 0.05) is 32.4 Å². The molecule has 4 saturated carbocycles. The molecule has 4 nitrogen and oxygen atoms in total. The Balaban J connectivity index is 1.08. The fourth-order valence-electron chi connectivity index (χ4n) is 10.6. The number of Topliss-reactive ketones (excluding diaryl/α,β-unsaturated/α-hetero) is 1. The first-order valence-corrected chi connectivity index (χ1v) is 16.8. The summed E-state index contributed by atoms with van der Waals surface area (Å²) in [5, 5.41) is 11.1. The third kappa shape index (κ3) is 5.77. The smallest absolute Gasteiger partial charge is 0.222 e. The third-order valence-corrected chi connectivity index (χ3v) is 12.7. The quantitative estimate of drug-likeness (QED) is 0.296. The van der Waals surface area contributed by atoms with Crippen molar-refractivity contribution in [2.45, 2.75) is 148 Å². The maximum Gasteiger partial charge on any atom is 0.222 e. The van der Waals surface area contributed by atoms with E-state index in [0.29, 0.717) is 28.9 Å². The Morgan fingerprint density at radius 2 is 1.61 bits per heavy atom. The summed E-state index contributed by atoms with van der Waals surface area (Å²) in [5.41, 5.74) is 0.452. The van der Waals surface area contributed by atoms with Crippen LogP contribution in [0.3, 0.4) is 0 Å². The number of nitrogens with zero attached hydrogens (tertiary/aromatic N) is 1. The number of piperidine rings is 1. The van der Waals surface area contributed by atoms with Crippen molar-refractivity contribution in [2.24, 2.45) is 40.4 Å². The van der Waals surface area contributed by atoms with Crippen LogP contribution in [0.2, 0.25) is 0 Å². The molecule has 0 aromatic rings. The summed E-state index contributed by atoms with van der Waals surface area (Å²) in [5.74, 6) is 4.43. The Kier molecular flexibility index (Phi) is 9.27. The molecule has 1 N–H and O–H groups in total. The lowest BCUT2D eigenvalue weighted by Gasteiger charge is -2.62. The van der Waals surface area contributed by atoms with Crippen molar-refractivity contribution in [1.82, 2.24) is 4.90 Å². The average molecular weight is 528 g/mol. The number of aliphatic hydroxyl groups excluding tert-OH is 1. The van der Waals surface area contributed by atoms with Gasteiger partial charge in [0.05, 0.1) is 6.10 Å². The Hall–Kier alpha value is -0.900. The third-order valence-electron chi connectivity index (χ3n) is 12.7. The van der Waals surface area contributed by atoms with E-state index in [1.165, 1.54) is 89.9 Å². The number of hydrogen-bond acceptors (Lipinski definition) is 3. The second kappa shape index (κ2) is 12.3. The number of likely N-dealkylation sites (tertiary alicyclic amines) is 1. The lowest BCUT2D eigenvalue weighted by Crippen LogP contribution is -2.57. The molecule has 1 heterocycles. The Morgan fingerprint density at radius 3 is 2.37 bits per heavy atom. The van der Waals surface area contributed by atoms with Crippen LogP contribution < -0.4 is 0 Å². The number of amides is 1. The number of fused-ring (bicyclic) bond motifs is 5. The summed E-state index contributed by atoms with van der Waals surface area (Å²) >= 11 is 0. The van der Waals surface area contributed by atoms with Gasteiger partial charge < -0.3 is 10.0 Å². The number of aliphatic hydroxyl groups is 1. The van der Waals surface area contributed by atoms with Gasteiger partial charge in [-0.1, -0.05) is 58.8 Å². The summed E-state index contributed by atoms with van der Waals surface area (Å²) in [7, 11) is 0. The fraction of sp³-hybridized carbons (Fsp3) is 0.941. The van der Waals surface area contributed by atoms with Crippen molar-refractivity contribution in [3.63, 3.8) is 0 Å². The van der Waals surface area contributed by atoms with Crippen LogP contribution in [0.25, 0.3) is 0 Å². The number of hydrogen-bond donors (Lipinski definition) is 1. The van der Waals surface area contributed by atoms with Crippen LogP contribution in [-0.4, -0.2) is 40.9 Å². The van der Waals surface area contributed by atoms with Crippen molar-refractivity contribution in [3.8, 4) is 0 Å². The van der Waals surface area contributed by atoms with E-state index in [0.717, 1.165) is 69.4 Å². The number of rotatable bonds is 10. The first-order valence-electron chi connectivity index (χ1n) is 16.8. The second-order valence-electron chi connectivity index (χ2n) is 14.8. The van der Waals surface area contributed by atoms with Crippen molar-refractivity contribution in [3.05, 3.63) is 0 Å². The van der Waals surface area contributed by atoms with Gasteiger partial charge in [-0.25, -0.2) is 0 Å². The van der Waals surface area contributed by atoms with Crippen LogP contribution in [0.4, 0.5) is 0 Å². The van der Waals surface area contributed by atoms with E-state index in [1.54, 1.807) is 0 Å². The number of unbranched alkanes of at least 4 members (excludes halogenated alkanes) is 6. The van der Waals surface area contributed by atoms with E-state index in [2.05, 4.69) is 18.7 Å². The number of carbonyl (C=O) groups is 2. The summed E-state index contributed by atoms with van der Waals surface area (Å²) < 4.78 is 0. The minimum Gasteiger partial charge on any atom is -0.393 e. The highest BCUT2D eigenvalue weighted by Crippen LogP contribution is 2.68. The molecule has 0 aromatic carbocycles. The van der Waals surface area contributed by atoms with E-state index >= 15 is 0 Å². The van der Waals surface area contributed by atoms with Gasteiger partial charge in [-0.2, -0.15) is 0 Å². The monoisotopic (exact) mass is 527 g/mol. The molecule has 1 aliphatic heterocycles. The highest BCUT2D eigenvalue weighted by atomic mass is 16.3. The standard InChI is InChI=1S/C34H57NO3/c1-33-20-19-27(36)23-26(33)15-16-28-29-17-18-30(37)34(29,2)24-25(32(28)33)13-9-6-4-3-5-7-10-14-31(38)35-21-11-8-12-22-35/h25-26,28-30,32,37H,3-24H2,1-2H3/t25-,26-,28-,29-,30-,32-,33-,34-/m0/s1. The SMILES string of the molecule is C[C@]12CCC(=O)C[C@@H]1CC[C@@H]1[C@@H]2[C@@H](CCCCCCCCCC(=O)N2CCCCC2)C[C@]2(C)[C@@H](O)CC[C@@H]12. The maximum atomic E-state index is 12.4. The van der Waals surface area contributed by atoms with Crippen molar-refractivity contribution < 1.29 is 14.7 Å². The van der Waals surface area contributed by atoms with Gasteiger partial charge in [0.2, 0.25) is 5.91 Å². The second-order valence-corrected chi connectivity index (χ2v) is 14.8. The van der Waals surface area contributed by atoms with Gasteiger partial charge in [0.25, 0.3) is 0 Å². The zero-order valence-electron chi connectivity index (χ0n) is 24.7. The van der Waals surface area contributed by atoms with Gasteiger partial charge >= 0.3 is 0 Å². The molecule has 5 rings (SSSR count). The molecule has 4 aliphatic carbocycles. The molecular formula is C34H57NO3. The zero-order valence-corrected chi connectivity index (χ0v) is 24.7. The highest BCUT2D eigenvalue weighted by Gasteiger charge is 2.62. The lowest BCUT2D eigenvalue weighted by atomic mass is 9.42. The summed E-state index contributed by atoms with van der Waals surface area (Å²) in [6, 6.07) is 0. The van der Waals surface area contributed by atoms with Gasteiger partial charge in [-0.15, -0.1) is 0 Å². The number of ketones is 1. The molecule has 0 bridgehead atoms. The topological polar surface area (TPSA) is 57.6 Å². The van der Waals surface area contributed by atoms with Gasteiger partial charge in [-0.3, -0.25) is 9.59 Å². The van der Waals surface area contributed by atoms with Crippen molar-refractivity contribution in [1.29, 1.82) is 0 Å². The van der Waals surface area contributed by atoms with Crippen LogP contribution >= 0.6 is 0 Å². The molecule has 5 aliphatic rings. The van der Waals surface area contributed by atoms with Crippen LogP contribution in [0.1, 0.15) is 142 Å². The Morgan fingerprint density at radius 1 is 0.895 bits per heavy atom. The summed E-state index contributed by atoms with van der Waals surface area (Å²) in [6.45, 7) is 6.96. The van der Waals surface area contributed by atoms with Crippen LogP contribution in [0, 0.1) is 40.4 Å². The molecule has 0 unspecified atom stereocenters. The van der Waals surface area contributed by atoms with Crippen LogP contribution in [0.5, 0.6) is 0 Å². The van der Waals surface area contributed by atoms with Crippen LogP contribution in [0.15, 0.2) is 0 Å². The molecule has 0 spiro atoms. The van der Waals surface area contributed by atoms with Crippen molar-refractivity contribution >= 4 is 11.7 Å². The Bertz CT molecular complexity index is 821. The van der Waals surface area contributed by atoms with E-state index in [9.17, 15) is 14.7 Å². The number of carbonyl (C=O) groups excluding carboxylic acids is 2. The molecule has 4 heteroatoms. The summed E-state index contributed by atoms with van der Waals surface area (Å²) in [6.07, 6.45) is 23.1. The van der Waals surface area contributed by atoms with Crippen molar-refractivity contribution in [2.75, 3.05) is 13.1 Å². The van der Waals surface area contributed by atoms with E-state index < -0.39 is 0 Å². The highest BCUT2D eigenvalue weighted by molar-refractivity contribution is 5.79. The normalized spacial score (nSPS) is 40.9. The molecule has 8 atom stereocenters. The Labute approximate surface area is 233 Å². The van der Waals surface area contributed by atoms with Gasteiger partial charge in [0.15, 0.2) is 0 Å². The van der Waals surface area contributed by atoms with E-state index in [-0.39, 0.29) is 11.5 Å². The lowest BCUT2D eigenvalue weighted by molar-refractivity contribution is -0.159. The van der Waals surface area contributed by atoms with E-state index in [1.807, 2.05) is 0 Å². The molecule has 0 radical (unpaired) electrons. The molecule has 5 fully saturated rings. The molecule has 38 heavy (non-hydrogen) atoms. The molecule has 0 aromatic heterocycles. The largest absolute Gasteiger partial charge is 0.393 e. The minimum atomic E-state index is -0.115. The first-order chi connectivity index (χ1) is 18.3.